The first kappa shape index (κ1) is 7.19. The molecule has 10 heavy (non-hydrogen) atoms. The van der Waals surface area contributed by atoms with Gasteiger partial charge in [-0.15, -0.1) is 0 Å². The Bertz CT molecular complexity index is 210. The minimum atomic E-state index is -0.543. The van der Waals surface area contributed by atoms with Crippen molar-refractivity contribution in [2.75, 3.05) is 0 Å². The fourth-order valence-electron chi connectivity index (χ4n) is 0.755. The minimum Gasteiger partial charge on any atom is -0.207 e. The lowest BCUT2D eigenvalue weighted by Gasteiger charge is -1.95. The maximum Gasteiger partial charge on any atom is 0.126 e. The Morgan fingerprint density at radius 2 is 1.60 bits per heavy atom. The van der Waals surface area contributed by atoms with Crippen LogP contribution >= 0.6 is 0 Å². The zero-order valence-corrected chi connectivity index (χ0v) is 5.40. The highest BCUT2D eigenvalue weighted by atomic mass is 19.1. The first-order chi connectivity index (χ1) is 4.72. The highest BCUT2D eigenvalue weighted by Gasteiger charge is 1.96. The van der Waals surface area contributed by atoms with Gasteiger partial charge >= 0.3 is 0 Å². The Labute approximate surface area is 58.5 Å². The third kappa shape index (κ3) is 1.53. The van der Waals surface area contributed by atoms with Gasteiger partial charge in [0.25, 0.3) is 0 Å². The molecule has 0 aliphatic heterocycles. The van der Waals surface area contributed by atoms with E-state index < -0.39 is 11.6 Å². The van der Waals surface area contributed by atoms with Crippen LogP contribution in [0.25, 0.3) is 0 Å². The second-order valence-corrected chi connectivity index (χ2v) is 2.03. The molecule has 1 rings (SSSR count). The third-order valence-corrected chi connectivity index (χ3v) is 1.21. The molecule has 0 saturated carbocycles. The Hall–Kier alpha value is -0.920. The van der Waals surface area contributed by atoms with Gasteiger partial charge in [0.15, 0.2) is 0 Å². The van der Waals surface area contributed by atoms with Crippen molar-refractivity contribution in [3.05, 3.63) is 42.3 Å². The van der Waals surface area contributed by atoms with Crippen molar-refractivity contribution in [3.63, 3.8) is 0 Å². The molecule has 0 unspecified atom stereocenters. The number of hydrogen-bond acceptors (Lipinski definition) is 0. The lowest BCUT2D eigenvalue weighted by Crippen LogP contribution is -1.85. The lowest BCUT2D eigenvalue weighted by atomic mass is 10.2. The topological polar surface area (TPSA) is 0 Å². The molecule has 0 aliphatic rings. The molecule has 0 spiro atoms. The van der Waals surface area contributed by atoms with E-state index in [4.69, 9.17) is 0 Å². The van der Waals surface area contributed by atoms with E-state index in [9.17, 15) is 8.78 Å². The molecular formula is C8H7F2. The molecule has 0 bridgehead atoms. The molecule has 0 heterocycles. The SMILES string of the molecule is [CH2]Cc1cc(F)cc(F)c1. The zero-order chi connectivity index (χ0) is 7.56. The van der Waals surface area contributed by atoms with E-state index in [0.29, 0.717) is 12.0 Å². The fraction of sp³-hybridized carbons (Fsp3) is 0.125. The minimum absolute atomic E-state index is 0.411. The quantitative estimate of drug-likeness (QED) is 0.563. The summed E-state index contributed by atoms with van der Waals surface area (Å²) in [7, 11) is 0. The standard InChI is InChI=1S/C8H7F2/c1-2-6-3-7(9)5-8(10)4-6/h3-5H,1-2H2. The predicted molar refractivity (Wildman–Crippen MR) is 35.4 cm³/mol. The first-order valence-corrected chi connectivity index (χ1v) is 2.96. The normalized spacial score (nSPS) is 9.90. The van der Waals surface area contributed by atoms with Crippen molar-refractivity contribution in [1.29, 1.82) is 0 Å². The molecular weight excluding hydrogens is 134 g/mol. The average molecular weight is 141 g/mol. The van der Waals surface area contributed by atoms with Gasteiger partial charge in [0.2, 0.25) is 0 Å². The molecule has 0 N–H and O–H groups in total. The molecule has 1 radical (unpaired) electrons. The van der Waals surface area contributed by atoms with E-state index in [1.807, 2.05) is 0 Å². The number of benzene rings is 1. The van der Waals surface area contributed by atoms with Crippen molar-refractivity contribution in [3.8, 4) is 0 Å². The molecule has 1 aromatic rings. The summed E-state index contributed by atoms with van der Waals surface area (Å²) in [6.45, 7) is 3.50. The van der Waals surface area contributed by atoms with Crippen LogP contribution in [0.5, 0.6) is 0 Å². The zero-order valence-electron chi connectivity index (χ0n) is 5.40. The summed E-state index contributed by atoms with van der Waals surface area (Å²) in [6, 6.07) is 3.39. The second-order valence-electron chi connectivity index (χ2n) is 2.03. The molecule has 0 atom stereocenters. The lowest BCUT2D eigenvalue weighted by molar-refractivity contribution is 0.580. The first-order valence-electron chi connectivity index (χ1n) is 2.96. The van der Waals surface area contributed by atoms with E-state index in [1.165, 1.54) is 12.1 Å². The van der Waals surface area contributed by atoms with Crippen molar-refractivity contribution in [2.24, 2.45) is 0 Å². The van der Waals surface area contributed by atoms with Gasteiger partial charge in [-0.2, -0.15) is 0 Å². The van der Waals surface area contributed by atoms with Crippen molar-refractivity contribution in [1.82, 2.24) is 0 Å². The molecule has 0 nitrogen and oxygen atoms in total. The summed E-state index contributed by atoms with van der Waals surface area (Å²) in [4.78, 5) is 0. The van der Waals surface area contributed by atoms with Crippen LogP contribution in [0.2, 0.25) is 0 Å². The summed E-state index contributed by atoms with van der Waals surface area (Å²) in [5.41, 5.74) is 0.581. The molecule has 0 aliphatic carbocycles. The molecule has 53 valence electrons. The van der Waals surface area contributed by atoms with Crippen LogP contribution in [0.4, 0.5) is 8.78 Å². The van der Waals surface area contributed by atoms with Gasteiger partial charge < -0.3 is 0 Å². The van der Waals surface area contributed by atoms with Gasteiger partial charge in [0.1, 0.15) is 11.6 Å². The van der Waals surface area contributed by atoms with Crippen molar-refractivity contribution >= 4 is 0 Å². The van der Waals surface area contributed by atoms with Crippen LogP contribution in [-0.4, -0.2) is 0 Å². The highest BCUT2D eigenvalue weighted by Crippen LogP contribution is 2.07. The Balaban J connectivity index is 3.06. The Kier molecular flexibility index (Phi) is 2.00. The average Bonchev–Trinajstić information content (AvgIpc) is 1.85. The molecule has 1 aromatic carbocycles. The van der Waals surface area contributed by atoms with Gasteiger partial charge in [-0.1, -0.05) is 0 Å². The fourth-order valence-corrected chi connectivity index (χ4v) is 0.755. The van der Waals surface area contributed by atoms with Crippen LogP contribution < -0.4 is 0 Å². The van der Waals surface area contributed by atoms with Gasteiger partial charge in [0.05, 0.1) is 0 Å². The molecule has 2 heteroatoms. The monoisotopic (exact) mass is 141 g/mol. The molecule has 0 fully saturated rings. The van der Waals surface area contributed by atoms with Gasteiger partial charge in [-0.25, -0.2) is 8.78 Å². The van der Waals surface area contributed by atoms with E-state index in [1.54, 1.807) is 0 Å². The van der Waals surface area contributed by atoms with E-state index in [-0.39, 0.29) is 0 Å². The van der Waals surface area contributed by atoms with Gasteiger partial charge in [-0.3, -0.25) is 0 Å². The summed E-state index contributed by atoms with van der Waals surface area (Å²) in [5, 5.41) is 0. The van der Waals surface area contributed by atoms with Gasteiger partial charge in [0, 0.05) is 6.07 Å². The highest BCUT2D eigenvalue weighted by molar-refractivity contribution is 5.18. The maximum atomic E-state index is 12.3. The molecule has 0 aromatic heterocycles. The summed E-state index contributed by atoms with van der Waals surface area (Å²) in [5.74, 6) is -1.09. The van der Waals surface area contributed by atoms with E-state index in [2.05, 4.69) is 6.92 Å². The van der Waals surface area contributed by atoms with Crippen LogP contribution in [0.15, 0.2) is 18.2 Å². The van der Waals surface area contributed by atoms with Crippen molar-refractivity contribution < 1.29 is 8.78 Å². The van der Waals surface area contributed by atoms with Gasteiger partial charge in [-0.05, 0) is 31.0 Å². The summed E-state index contributed by atoms with van der Waals surface area (Å²) in [6.07, 6.45) is 0.411. The smallest absolute Gasteiger partial charge is 0.126 e. The largest absolute Gasteiger partial charge is 0.207 e. The van der Waals surface area contributed by atoms with Crippen molar-refractivity contribution in [2.45, 2.75) is 6.42 Å². The summed E-state index contributed by atoms with van der Waals surface area (Å²) >= 11 is 0. The summed E-state index contributed by atoms with van der Waals surface area (Å²) < 4.78 is 24.7. The van der Waals surface area contributed by atoms with Crippen LogP contribution in [-0.2, 0) is 6.42 Å². The van der Waals surface area contributed by atoms with Crippen LogP contribution in [0.3, 0.4) is 0 Å². The Morgan fingerprint density at radius 3 is 2.00 bits per heavy atom. The second kappa shape index (κ2) is 2.78. The molecule has 0 amide bonds. The third-order valence-electron chi connectivity index (χ3n) is 1.21. The maximum absolute atomic E-state index is 12.3. The number of rotatable bonds is 1. The van der Waals surface area contributed by atoms with E-state index in [0.717, 1.165) is 6.07 Å². The number of halogens is 2. The molecule has 0 saturated heterocycles. The predicted octanol–water partition coefficient (Wildman–Crippen LogP) is 2.34. The Morgan fingerprint density at radius 1 is 1.10 bits per heavy atom. The van der Waals surface area contributed by atoms with Crippen LogP contribution in [0, 0.1) is 18.6 Å². The van der Waals surface area contributed by atoms with Crippen LogP contribution in [0.1, 0.15) is 5.56 Å². The number of hydrogen-bond donors (Lipinski definition) is 0. The van der Waals surface area contributed by atoms with E-state index >= 15 is 0 Å².